The van der Waals surface area contributed by atoms with Crippen LogP contribution >= 0.6 is 0 Å². The molecule has 0 N–H and O–H groups in total. The SMILES string of the molecule is [N-]=[N+]=Nc1nnc(-c2ccc(F)cc2)o1. The molecule has 0 unspecified atom stereocenters. The molecule has 74 valence electrons. The Morgan fingerprint density at radius 2 is 2.00 bits per heavy atom. The Labute approximate surface area is 83.0 Å². The maximum absolute atomic E-state index is 12.6. The predicted molar refractivity (Wildman–Crippen MR) is 48.5 cm³/mol. The topological polar surface area (TPSA) is 87.7 Å². The van der Waals surface area contributed by atoms with Gasteiger partial charge in [-0.2, -0.15) is 0 Å². The van der Waals surface area contributed by atoms with E-state index in [0.717, 1.165) is 0 Å². The van der Waals surface area contributed by atoms with Crippen molar-refractivity contribution >= 4 is 6.01 Å². The molecule has 0 spiro atoms. The third-order valence-electron chi connectivity index (χ3n) is 1.64. The summed E-state index contributed by atoms with van der Waals surface area (Å²) >= 11 is 0. The average Bonchev–Trinajstić information content (AvgIpc) is 2.68. The first-order valence-corrected chi connectivity index (χ1v) is 3.94. The Kier molecular flexibility index (Phi) is 2.30. The monoisotopic (exact) mass is 205 g/mol. The molecule has 2 rings (SSSR count). The van der Waals surface area contributed by atoms with Gasteiger partial charge in [-0.3, -0.25) is 0 Å². The molecular formula is C8H4FN5O. The van der Waals surface area contributed by atoms with Crippen LogP contribution in [0.25, 0.3) is 21.9 Å². The molecular weight excluding hydrogens is 201 g/mol. The largest absolute Gasteiger partial charge is 0.415 e. The van der Waals surface area contributed by atoms with Gasteiger partial charge in [-0.25, -0.2) is 4.39 Å². The van der Waals surface area contributed by atoms with Crippen molar-refractivity contribution in [2.24, 2.45) is 5.11 Å². The van der Waals surface area contributed by atoms with E-state index in [2.05, 4.69) is 20.2 Å². The molecule has 0 atom stereocenters. The van der Waals surface area contributed by atoms with Gasteiger partial charge in [0.25, 0.3) is 0 Å². The lowest BCUT2D eigenvalue weighted by Gasteiger charge is -1.92. The highest BCUT2D eigenvalue weighted by Crippen LogP contribution is 2.21. The molecule has 0 aliphatic carbocycles. The Balaban J connectivity index is 2.37. The van der Waals surface area contributed by atoms with E-state index in [4.69, 9.17) is 9.95 Å². The lowest BCUT2D eigenvalue weighted by atomic mass is 10.2. The van der Waals surface area contributed by atoms with E-state index in [1.807, 2.05) is 0 Å². The van der Waals surface area contributed by atoms with Gasteiger partial charge in [0.2, 0.25) is 5.89 Å². The first kappa shape index (κ1) is 9.17. The fraction of sp³-hybridized carbons (Fsp3) is 0. The van der Waals surface area contributed by atoms with Crippen LogP contribution in [0.2, 0.25) is 0 Å². The van der Waals surface area contributed by atoms with E-state index in [-0.39, 0.29) is 17.7 Å². The van der Waals surface area contributed by atoms with Gasteiger partial charge in [0.05, 0.1) is 0 Å². The highest BCUT2D eigenvalue weighted by molar-refractivity contribution is 5.52. The predicted octanol–water partition coefficient (Wildman–Crippen LogP) is 2.82. The maximum Gasteiger partial charge on any atom is 0.304 e. The van der Waals surface area contributed by atoms with Crippen LogP contribution in [0.3, 0.4) is 0 Å². The van der Waals surface area contributed by atoms with Gasteiger partial charge in [0, 0.05) is 15.6 Å². The summed E-state index contributed by atoms with van der Waals surface area (Å²) < 4.78 is 17.6. The van der Waals surface area contributed by atoms with Crippen molar-refractivity contribution in [1.29, 1.82) is 0 Å². The quantitative estimate of drug-likeness (QED) is 0.429. The highest BCUT2D eigenvalue weighted by Gasteiger charge is 2.06. The number of benzene rings is 1. The lowest BCUT2D eigenvalue weighted by molar-refractivity contribution is 0.578. The Hall–Kier alpha value is -2.40. The summed E-state index contributed by atoms with van der Waals surface area (Å²) in [5.74, 6) is -0.175. The van der Waals surface area contributed by atoms with Crippen molar-refractivity contribution in [3.8, 4) is 11.5 Å². The van der Waals surface area contributed by atoms with Gasteiger partial charge < -0.3 is 4.42 Å². The van der Waals surface area contributed by atoms with Crippen molar-refractivity contribution in [2.45, 2.75) is 0 Å². The Morgan fingerprint density at radius 1 is 1.27 bits per heavy atom. The third kappa shape index (κ3) is 1.92. The minimum absolute atomic E-state index is 0.170. The standard InChI is InChI=1S/C8H4FN5O/c9-6-3-1-5(2-4-6)7-11-12-8(15-7)13-14-10/h1-4H. The summed E-state index contributed by atoms with van der Waals surface area (Å²) in [5, 5.41) is 10.2. The zero-order chi connectivity index (χ0) is 10.7. The summed E-state index contributed by atoms with van der Waals surface area (Å²) in [4.78, 5) is 2.50. The molecule has 6 nitrogen and oxygen atoms in total. The van der Waals surface area contributed by atoms with Crippen LogP contribution in [0.4, 0.5) is 10.4 Å². The average molecular weight is 205 g/mol. The Morgan fingerprint density at radius 3 is 2.67 bits per heavy atom. The van der Waals surface area contributed by atoms with Gasteiger partial charge >= 0.3 is 6.01 Å². The third-order valence-corrected chi connectivity index (χ3v) is 1.64. The minimum Gasteiger partial charge on any atom is -0.415 e. The number of halogens is 1. The first-order chi connectivity index (χ1) is 7.29. The Bertz CT molecular complexity index is 514. The summed E-state index contributed by atoms with van der Waals surface area (Å²) in [6, 6.07) is 5.35. The molecule has 0 aliphatic heterocycles. The molecule has 1 aromatic heterocycles. The number of rotatable bonds is 2. The van der Waals surface area contributed by atoms with Gasteiger partial charge in [0.1, 0.15) is 5.82 Å². The van der Waals surface area contributed by atoms with E-state index in [0.29, 0.717) is 5.56 Å². The molecule has 2 aromatic rings. The van der Waals surface area contributed by atoms with Crippen LogP contribution in [0.5, 0.6) is 0 Å². The molecule has 0 amide bonds. The van der Waals surface area contributed by atoms with Crippen molar-refractivity contribution < 1.29 is 8.81 Å². The summed E-state index contributed by atoms with van der Waals surface area (Å²) in [7, 11) is 0. The van der Waals surface area contributed by atoms with Crippen molar-refractivity contribution in [3.63, 3.8) is 0 Å². The number of nitrogens with zero attached hydrogens (tertiary/aromatic N) is 5. The molecule has 0 bridgehead atoms. The van der Waals surface area contributed by atoms with E-state index < -0.39 is 0 Å². The van der Waals surface area contributed by atoms with Gasteiger partial charge in [-0.15, -0.1) is 10.2 Å². The van der Waals surface area contributed by atoms with Gasteiger partial charge in [-0.1, -0.05) is 0 Å². The summed E-state index contributed by atoms with van der Waals surface area (Å²) in [6.45, 7) is 0. The zero-order valence-corrected chi connectivity index (χ0v) is 7.33. The second-order valence-electron chi connectivity index (χ2n) is 2.59. The molecule has 0 aliphatic rings. The van der Waals surface area contributed by atoms with Crippen molar-refractivity contribution in [2.75, 3.05) is 0 Å². The van der Waals surface area contributed by atoms with E-state index in [9.17, 15) is 4.39 Å². The number of azide groups is 1. The smallest absolute Gasteiger partial charge is 0.304 e. The highest BCUT2D eigenvalue weighted by atomic mass is 19.1. The normalized spacial score (nSPS) is 9.67. The van der Waals surface area contributed by atoms with E-state index >= 15 is 0 Å². The van der Waals surface area contributed by atoms with Crippen LogP contribution in [-0.2, 0) is 0 Å². The van der Waals surface area contributed by atoms with Crippen LogP contribution in [0.15, 0.2) is 33.8 Å². The van der Waals surface area contributed by atoms with E-state index in [1.54, 1.807) is 0 Å². The molecule has 1 aromatic carbocycles. The van der Waals surface area contributed by atoms with Crippen molar-refractivity contribution in [1.82, 2.24) is 10.2 Å². The molecule has 0 saturated carbocycles. The second kappa shape index (κ2) is 3.77. The van der Waals surface area contributed by atoms with E-state index in [1.165, 1.54) is 24.3 Å². The van der Waals surface area contributed by atoms with Crippen LogP contribution < -0.4 is 0 Å². The van der Waals surface area contributed by atoms with Crippen LogP contribution in [0.1, 0.15) is 0 Å². The minimum atomic E-state index is -0.353. The lowest BCUT2D eigenvalue weighted by Crippen LogP contribution is -1.78. The first-order valence-electron chi connectivity index (χ1n) is 3.94. The molecule has 1 heterocycles. The molecule has 0 fully saturated rings. The van der Waals surface area contributed by atoms with Crippen molar-refractivity contribution in [3.05, 3.63) is 40.5 Å². The van der Waals surface area contributed by atoms with Crippen LogP contribution in [0, 0.1) is 5.82 Å². The van der Waals surface area contributed by atoms with Gasteiger partial charge in [0.15, 0.2) is 0 Å². The van der Waals surface area contributed by atoms with Gasteiger partial charge in [-0.05, 0) is 29.8 Å². The summed E-state index contributed by atoms with van der Waals surface area (Å²) in [5.41, 5.74) is 8.68. The molecule has 0 radical (unpaired) electrons. The zero-order valence-electron chi connectivity index (χ0n) is 7.33. The number of hydrogen-bond donors (Lipinski definition) is 0. The molecule has 15 heavy (non-hydrogen) atoms. The molecule has 7 heteroatoms. The fourth-order valence-electron chi connectivity index (χ4n) is 1.00. The molecule has 0 saturated heterocycles. The fourth-order valence-corrected chi connectivity index (χ4v) is 1.00. The van der Waals surface area contributed by atoms with Crippen LogP contribution in [-0.4, -0.2) is 10.2 Å². The number of hydrogen-bond acceptors (Lipinski definition) is 4. The number of aromatic nitrogens is 2. The summed E-state index contributed by atoms with van der Waals surface area (Å²) in [6.07, 6.45) is 0. The maximum atomic E-state index is 12.6. The second-order valence-corrected chi connectivity index (χ2v) is 2.59.